The molecule has 0 spiro atoms. The first-order valence-corrected chi connectivity index (χ1v) is 16.0. The molecule has 1 aromatic heterocycles. The van der Waals surface area contributed by atoms with Crippen molar-refractivity contribution in [3.8, 4) is 11.5 Å². The van der Waals surface area contributed by atoms with Crippen LogP contribution in [0.25, 0.3) is 10.8 Å². The Hall–Kier alpha value is -4.49. The lowest BCUT2D eigenvalue weighted by Crippen LogP contribution is -2.17. The second kappa shape index (κ2) is 19.5. The maximum atomic E-state index is 11.1. The van der Waals surface area contributed by atoms with Gasteiger partial charge < -0.3 is 50.7 Å². The molecule has 4 rings (SSSR count). The van der Waals surface area contributed by atoms with Crippen LogP contribution in [0.2, 0.25) is 0 Å². The van der Waals surface area contributed by atoms with Gasteiger partial charge in [0.05, 0.1) is 67.7 Å². The maximum absolute atomic E-state index is 11.1. The van der Waals surface area contributed by atoms with Crippen LogP contribution in [0.5, 0.6) is 11.5 Å². The van der Waals surface area contributed by atoms with Gasteiger partial charge >= 0.3 is 11.4 Å². The number of aromatic nitrogens is 3. The molecule has 0 amide bonds. The molecule has 0 fully saturated rings. The summed E-state index contributed by atoms with van der Waals surface area (Å²) >= 11 is -1.99. The third-order valence-corrected chi connectivity index (χ3v) is 7.01. The number of phenolic OH excluding ortho intramolecular Hbond substituents is 1. The van der Waals surface area contributed by atoms with Crippen molar-refractivity contribution in [3.05, 3.63) is 42.5 Å². The standard InChI is InChI=1S/C27H33N9O11S2/c28-19-3-1-16-13-18(45-49(41)42)15-21(39)23(16)24(19)36-35-20-4-2-17(14-22(20)48-47-46-40)31-27-33-25(29-5-9-43-11-7-37)32-26(34-27)30-6-10-44-12-8-38/h1-4,13-15,37-40H,5-12,28H2,(H,41,42)(H3,29,30,31,32,33,34). The topological polar surface area (TPSA) is 290 Å². The van der Waals surface area contributed by atoms with Gasteiger partial charge in [0.15, 0.2) is 0 Å². The van der Waals surface area contributed by atoms with E-state index in [0.29, 0.717) is 54.3 Å². The Kier molecular flexibility index (Phi) is 14.9. The average molecular weight is 724 g/mol. The molecule has 20 nitrogen and oxygen atoms in total. The third-order valence-electron chi connectivity index (χ3n) is 6.04. The van der Waals surface area contributed by atoms with Crippen LogP contribution in [0.3, 0.4) is 0 Å². The van der Waals surface area contributed by atoms with Crippen LogP contribution in [0.15, 0.2) is 57.6 Å². The SMILES string of the molecule is Nc1ccc2cc(OS(=O)O)cc(O)c2c1N=Nc1ccc(Nc2nc(NCCOCCO)nc(NCCOCCO)n2)cc1SOOO. The number of fused-ring (bicyclic) bond motifs is 1. The van der Waals surface area contributed by atoms with E-state index in [4.69, 9.17) is 39.4 Å². The van der Waals surface area contributed by atoms with Crippen molar-refractivity contribution in [2.45, 2.75) is 4.90 Å². The molecule has 0 radical (unpaired) electrons. The smallest absolute Gasteiger partial charge is 0.357 e. The van der Waals surface area contributed by atoms with Gasteiger partial charge in [-0.25, -0.2) is 5.26 Å². The summed E-state index contributed by atoms with van der Waals surface area (Å²) < 4.78 is 40.1. The molecule has 3 aromatic carbocycles. The van der Waals surface area contributed by atoms with Gasteiger partial charge in [-0.3, -0.25) is 4.55 Å². The molecule has 264 valence electrons. The summed E-state index contributed by atoms with van der Waals surface area (Å²) in [5, 5.41) is 59.3. The van der Waals surface area contributed by atoms with Crippen LogP contribution in [-0.4, -0.2) is 97.0 Å². The number of aliphatic hydroxyl groups is 2. The molecular formula is C27H33N9O11S2. The Morgan fingerprint density at radius 1 is 0.878 bits per heavy atom. The highest BCUT2D eigenvalue weighted by Crippen LogP contribution is 2.42. The van der Waals surface area contributed by atoms with Gasteiger partial charge in [-0.2, -0.15) is 19.2 Å². The van der Waals surface area contributed by atoms with Crippen LogP contribution >= 0.6 is 12.0 Å². The number of aliphatic hydroxyl groups excluding tert-OH is 2. The van der Waals surface area contributed by atoms with E-state index in [2.05, 4.69) is 50.5 Å². The fourth-order valence-electron chi connectivity index (χ4n) is 4.07. The van der Waals surface area contributed by atoms with Gasteiger partial charge in [-0.1, -0.05) is 11.1 Å². The van der Waals surface area contributed by atoms with E-state index in [-0.39, 0.29) is 78.2 Å². The largest absolute Gasteiger partial charge is 0.507 e. The molecule has 49 heavy (non-hydrogen) atoms. The van der Waals surface area contributed by atoms with Gasteiger partial charge in [0.1, 0.15) is 22.9 Å². The van der Waals surface area contributed by atoms with Crippen LogP contribution < -0.4 is 25.9 Å². The van der Waals surface area contributed by atoms with Crippen molar-refractivity contribution in [3.63, 3.8) is 0 Å². The molecule has 4 aromatic rings. The Morgan fingerprint density at radius 3 is 2.18 bits per heavy atom. The number of nitrogens with two attached hydrogens (primary N) is 1. The zero-order valence-corrected chi connectivity index (χ0v) is 27.1. The maximum Gasteiger partial charge on any atom is 0.357 e. The van der Waals surface area contributed by atoms with E-state index in [1.54, 1.807) is 24.3 Å². The number of aromatic hydroxyl groups is 1. The van der Waals surface area contributed by atoms with Gasteiger partial charge in [-0.15, -0.1) is 14.6 Å². The molecule has 0 aliphatic carbocycles. The lowest BCUT2D eigenvalue weighted by molar-refractivity contribution is -0.432. The van der Waals surface area contributed by atoms with E-state index in [9.17, 15) is 9.32 Å². The van der Waals surface area contributed by atoms with Crippen molar-refractivity contribution in [1.82, 2.24) is 15.0 Å². The fraction of sp³-hybridized carbons (Fsp3) is 0.296. The van der Waals surface area contributed by atoms with Gasteiger partial charge in [0.25, 0.3) is 0 Å². The van der Waals surface area contributed by atoms with E-state index in [1.807, 2.05) is 0 Å². The summed E-state index contributed by atoms with van der Waals surface area (Å²) in [6, 6.07) is 10.4. The molecule has 22 heteroatoms. The van der Waals surface area contributed by atoms with Gasteiger partial charge in [0, 0.05) is 24.8 Å². The number of hydrogen-bond donors (Lipinski definition) is 9. The molecule has 0 saturated heterocycles. The lowest BCUT2D eigenvalue weighted by atomic mass is 10.1. The van der Waals surface area contributed by atoms with E-state index >= 15 is 0 Å². The minimum atomic E-state index is -2.60. The molecule has 1 unspecified atom stereocenters. The highest BCUT2D eigenvalue weighted by Gasteiger charge is 2.15. The number of anilines is 5. The first-order chi connectivity index (χ1) is 23.8. The first kappa shape index (κ1) is 37.3. The lowest BCUT2D eigenvalue weighted by Gasteiger charge is -2.12. The Bertz CT molecular complexity index is 1710. The molecule has 10 N–H and O–H groups in total. The number of nitrogens with one attached hydrogen (secondary N) is 3. The normalized spacial score (nSPS) is 12.0. The highest BCUT2D eigenvalue weighted by molar-refractivity contribution is 7.94. The van der Waals surface area contributed by atoms with Crippen molar-refractivity contribution >= 4 is 74.8 Å². The summed E-state index contributed by atoms with van der Waals surface area (Å²) in [5.74, 6) is 0.218. The summed E-state index contributed by atoms with van der Waals surface area (Å²) in [6.45, 7) is 1.46. The number of hydrogen-bond acceptors (Lipinski definition) is 20. The number of nitrogens with zero attached hydrogens (tertiary/aromatic N) is 5. The Balaban J connectivity index is 1.59. The van der Waals surface area contributed by atoms with Crippen LogP contribution in [0, 0.1) is 0 Å². The molecule has 1 heterocycles. The van der Waals surface area contributed by atoms with Gasteiger partial charge in [0.2, 0.25) is 17.8 Å². The summed E-state index contributed by atoms with van der Waals surface area (Å²) in [7, 11) is 0. The second-order valence-electron chi connectivity index (χ2n) is 9.41. The zero-order chi connectivity index (χ0) is 35.0. The summed E-state index contributed by atoms with van der Waals surface area (Å²) in [6.07, 6.45) is 0. The van der Waals surface area contributed by atoms with E-state index in [0.717, 1.165) is 6.07 Å². The zero-order valence-electron chi connectivity index (χ0n) is 25.5. The molecule has 0 aliphatic rings. The van der Waals surface area contributed by atoms with Crippen LogP contribution in [0.4, 0.5) is 40.6 Å². The number of nitrogen functional groups attached to an aromatic ring is 1. The van der Waals surface area contributed by atoms with Crippen molar-refractivity contribution in [1.29, 1.82) is 0 Å². The van der Waals surface area contributed by atoms with E-state index < -0.39 is 11.4 Å². The second-order valence-corrected chi connectivity index (χ2v) is 10.8. The monoisotopic (exact) mass is 723 g/mol. The van der Waals surface area contributed by atoms with Crippen molar-refractivity contribution in [2.75, 3.05) is 74.4 Å². The Labute approximate surface area is 285 Å². The van der Waals surface area contributed by atoms with Crippen molar-refractivity contribution in [2.24, 2.45) is 10.2 Å². The number of rotatable bonds is 21. The molecule has 0 bridgehead atoms. The van der Waals surface area contributed by atoms with Crippen LogP contribution in [-0.2, 0) is 30.2 Å². The van der Waals surface area contributed by atoms with Crippen LogP contribution in [0.1, 0.15) is 0 Å². The number of ether oxygens (including phenoxy) is 2. The quantitative estimate of drug-likeness (QED) is 0.0113. The third kappa shape index (κ3) is 11.6. The van der Waals surface area contributed by atoms with Gasteiger partial charge in [-0.05, 0) is 35.7 Å². The first-order valence-electron chi connectivity index (χ1n) is 14.2. The average Bonchev–Trinajstić information content (AvgIpc) is 3.07. The predicted molar refractivity (Wildman–Crippen MR) is 179 cm³/mol. The number of phenols is 1. The summed E-state index contributed by atoms with van der Waals surface area (Å²) in [5.41, 5.74) is 7.14. The number of azo groups is 1. The fourth-order valence-corrected chi connectivity index (χ4v) is 4.81. The van der Waals surface area contributed by atoms with Crippen molar-refractivity contribution < 1.29 is 52.4 Å². The minimum Gasteiger partial charge on any atom is -0.507 e. The van der Waals surface area contributed by atoms with E-state index in [1.165, 1.54) is 12.1 Å². The molecule has 0 saturated carbocycles. The Morgan fingerprint density at radius 2 is 1.55 bits per heavy atom. The highest BCUT2D eigenvalue weighted by atomic mass is 32.2. The predicted octanol–water partition coefficient (Wildman–Crippen LogP) is 3.26. The molecule has 1 atom stereocenters. The molecular weight excluding hydrogens is 690 g/mol. The molecule has 0 aliphatic heterocycles. The minimum absolute atomic E-state index is 0.0514. The summed E-state index contributed by atoms with van der Waals surface area (Å²) in [4.78, 5) is 13.4. The number of benzene rings is 3.